The number of hydrogen-bond acceptors (Lipinski definition) is 5. The highest BCUT2D eigenvalue weighted by atomic mass is 16.5. The Bertz CT molecular complexity index is 1070. The minimum absolute atomic E-state index is 0.233. The van der Waals surface area contributed by atoms with Gasteiger partial charge in [-0.15, -0.1) is 0 Å². The van der Waals surface area contributed by atoms with Crippen LogP contribution in [0, 0.1) is 0 Å². The summed E-state index contributed by atoms with van der Waals surface area (Å²) in [6, 6.07) is 16.0. The first-order valence-corrected chi connectivity index (χ1v) is 8.47. The second kappa shape index (κ2) is 5.25. The largest absolute Gasteiger partial charge is 0.478 e. The van der Waals surface area contributed by atoms with E-state index in [4.69, 9.17) is 20.9 Å². The minimum Gasteiger partial charge on any atom is -0.478 e. The Balaban J connectivity index is 1.83. The van der Waals surface area contributed by atoms with E-state index in [0.717, 1.165) is 22.3 Å². The summed E-state index contributed by atoms with van der Waals surface area (Å²) in [5.41, 5.74) is 15.8. The van der Waals surface area contributed by atoms with E-state index in [-0.39, 0.29) is 5.56 Å². The van der Waals surface area contributed by atoms with Crippen LogP contribution in [0.1, 0.15) is 32.6 Å². The van der Waals surface area contributed by atoms with Crippen molar-refractivity contribution in [2.45, 2.75) is 12.2 Å². The van der Waals surface area contributed by atoms with Crippen LogP contribution in [0.2, 0.25) is 0 Å². The number of fused-ring (bicyclic) bond motifs is 6. The number of aromatic carboxylic acids is 1. The molecule has 6 nitrogen and oxygen atoms in total. The van der Waals surface area contributed by atoms with Gasteiger partial charge in [0.1, 0.15) is 11.5 Å². The van der Waals surface area contributed by atoms with Crippen LogP contribution >= 0.6 is 0 Å². The topological polar surface area (TPSA) is 108 Å². The maximum Gasteiger partial charge on any atom is 0.335 e. The van der Waals surface area contributed by atoms with E-state index in [1.165, 1.54) is 0 Å². The van der Waals surface area contributed by atoms with E-state index in [1.54, 1.807) is 36.4 Å². The predicted octanol–water partition coefficient (Wildman–Crippen LogP) is 3.48. The molecule has 0 aromatic heterocycles. The first-order valence-electron chi connectivity index (χ1n) is 8.47. The molecule has 2 aliphatic heterocycles. The molecule has 3 aromatic rings. The van der Waals surface area contributed by atoms with Crippen molar-refractivity contribution in [3.63, 3.8) is 0 Å². The van der Waals surface area contributed by atoms with Crippen LogP contribution in [-0.4, -0.2) is 11.1 Å². The average molecular weight is 360 g/mol. The Morgan fingerprint density at radius 1 is 0.889 bits per heavy atom. The van der Waals surface area contributed by atoms with Gasteiger partial charge in [-0.25, -0.2) is 4.79 Å². The zero-order valence-corrected chi connectivity index (χ0v) is 14.2. The lowest BCUT2D eigenvalue weighted by Gasteiger charge is -2.37. The van der Waals surface area contributed by atoms with Gasteiger partial charge in [0.05, 0.1) is 12.2 Å². The number of rotatable bonds is 1. The van der Waals surface area contributed by atoms with Crippen LogP contribution in [-0.2, 0) is 16.9 Å². The molecule has 3 aromatic carbocycles. The summed E-state index contributed by atoms with van der Waals surface area (Å²) in [4.78, 5) is 11.4. The third kappa shape index (κ3) is 2.07. The van der Waals surface area contributed by atoms with Gasteiger partial charge in [0.15, 0.2) is 5.60 Å². The standard InChI is InChI=1S/C21H16N2O4/c22-13-2-5-16-18(8-13)27-19-9-14(23)3-6-17(19)21(16)15-4-1-11(20(24)25)7-12(15)10-26-21/h1-9H,10,22-23H2,(H,24,25). The number of carboxylic acid groups (broad SMARTS) is 1. The molecule has 0 saturated carbocycles. The molecule has 5 N–H and O–H groups in total. The van der Waals surface area contributed by atoms with Crippen LogP contribution in [0.5, 0.6) is 11.5 Å². The van der Waals surface area contributed by atoms with Gasteiger partial charge in [-0.05, 0) is 47.5 Å². The summed E-state index contributed by atoms with van der Waals surface area (Å²) >= 11 is 0. The van der Waals surface area contributed by atoms with Crippen LogP contribution < -0.4 is 16.2 Å². The number of nitrogens with two attached hydrogens (primary N) is 2. The fraction of sp³-hybridized carbons (Fsp3) is 0.0952. The smallest absolute Gasteiger partial charge is 0.335 e. The molecule has 0 amide bonds. The maximum atomic E-state index is 11.4. The van der Waals surface area contributed by atoms with E-state index < -0.39 is 11.6 Å². The number of carbonyl (C=O) groups is 1. The number of nitrogen functional groups attached to an aromatic ring is 2. The molecule has 1 spiro atoms. The average Bonchev–Trinajstić information content (AvgIpc) is 3.00. The molecule has 27 heavy (non-hydrogen) atoms. The minimum atomic E-state index is -0.966. The highest BCUT2D eigenvalue weighted by molar-refractivity contribution is 5.88. The van der Waals surface area contributed by atoms with Gasteiger partial charge in [0.25, 0.3) is 0 Å². The van der Waals surface area contributed by atoms with Gasteiger partial charge in [-0.3, -0.25) is 0 Å². The quantitative estimate of drug-likeness (QED) is 0.574. The molecule has 2 aliphatic rings. The van der Waals surface area contributed by atoms with Crippen molar-refractivity contribution < 1.29 is 19.4 Å². The third-order valence-corrected chi connectivity index (χ3v) is 5.17. The summed E-state index contributed by atoms with van der Waals surface area (Å²) in [6.07, 6.45) is 0. The molecule has 0 unspecified atom stereocenters. The lowest BCUT2D eigenvalue weighted by molar-refractivity contribution is 0.0200. The zero-order chi connectivity index (χ0) is 18.8. The summed E-state index contributed by atoms with van der Waals surface area (Å²) in [5, 5.41) is 9.31. The Morgan fingerprint density at radius 2 is 1.48 bits per heavy atom. The lowest BCUT2D eigenvalue weighted by Crippen LogP contribution is -2.32. The van der Waals surface area contributed by atoms with Gasteiger partial charge >= 0.3 is 5.97 Å². The molecule has 0 bridgehead atoms. The summed E-state index contributed by atoms with van der Waals surface area (Å²) in [6.45, 7) is 0.296. The van der Waals surface area contributed by atoms with Gasteiger partial charge in [-0.2, -0.15) is 0 Å². The number of ether oxygens (including phenoxy) is 2. The van der Waals surface area contributed by atoms with Crippen molar-refractivity contribution in [3.05, 3.63) is 82.4 Å². The normalized spacial score (nSPS) is 15.6. The van der Waals surface area contributed by atoms with Crippen molar-refractivity contribution in [3.8, 4) is 11.5 Å². The monoisotopic (exact) mass is 360 g/mol. The second-order valence-corrected chi connectivity index (χ2v) is 6.76. The van der Waals surface area contributed by atoms with Crippen LogP contribution in [0.25, 0.3) is 0 Å². The van der Waals surface area contributed by atoms with Crippen LogP contribution in [0.3, 0.4) is 0 Å². The fourth-order valence-electron chi connectivity index (χ4n) is 3.99. The molecule has 0 fully saturated rings. The number of carboxylic acids is 1. The van der Waals surface area contributed by atoms with E-state index in [0.29, 0.717) is 29.5 Å². The Kier molecular flexibility index (Phi) is 3.06. The Labute approximate surface area is 154 Å². The van der Waals surface area contributed by atoms with Gasteiger partial charge < -0.3 is 26.0 Å². The SMILES string of the molecule is Nc1ccc2c(c1)Oc1cc(N)ccc1C21OCc2cc(C(=O)O)ccc21. The molecular weight excluding hydrogens is 344 g/mol. The van der Waals surface area contributed by atoms with Crippen molar-refractivity contribution in [1.29, 1.82) is 0 Å². The number of benzene rings is 3. The number of anilines is 2. The summed E-state index contributed by atoms with van der Waals surface area (Å²) < 4.78 is 12.4. The van der Waals surface area contributed by atoms with Gasteiger partial charge in [-0.1, -0.05) is 6.07 Å². The molecule has 5 rings (SSSR count). The molecule has 134 valence electrons. The zero-order valence-electron chi connectivity index (χ0n) is 14.2. The van der Waals surface area contributed by atoms with Crippen LogP contribution in [0.15, 0.2) is 54.6 Å². The van der Waals surface area contributed by atoms with Gasteiger partial charge in [0.2, 0.25) is 0 Å². The second-order valence-electron chi connectivity index (χ2n) is 6.76. The molecule has 0 radical (unpaired) electrons. The molecule has 0 saturated heterocycles. The van der Waals surface area contributed by atoms with Crippen molar-refractivity contribution in [2.24, 2.45) is 0 Å². The van der Waals surface area contributed by atoms with E-state index >= 15 is 0 Å². The summed E-state index contributed by atoms with van der Waals surface area (Å²) in [7, 11) is 0. The van der Waals surface area contributed by atoms with Crippen LogP contribution in [0.4, 0.5) is 11.4 Å². The van der Waals surface area contributed by atoms with E-state index in [9.17, 15) is 9.90 Å². The molecule has 6 heteroatoms. The lowest BCUT2D eigenvalue weighted by atomic mass is 9.77. The number of hydrogen-bond donors (Lipinski definition) is 3. The molecule has 0 aliphatic carbocycles. The Morgan fingerprint density at radius 3 is 2.07 bits per heavy atom. The maximum absolute atomic E-state index is 11.4. The first kappa shape index (κ1) is 15.7. The molecule has 2 heterocycles. The molecule has 0 atom stereocenters. The highest BCUT2D eigenvalue weighted by Gasteiger charge is 2.49. The van der Waals surface area contributed by atoms with E-state index in [1.807, 2.05) is 18.2 Å². The predicted molar refractivity (Wildman–Crippen MR) is 99.9 cm³/mol. The molecular formula is C21H16N2O4. The third-order valence-electron chi connectivity index (χ3n) is 5.17. The Hall–Kier alpha value is -3.51. The highest BCUT2D eigenvalue weighted by Crippen LogP contribution is 2.56. The van der Waals surface area contributed by atoms with E-state index in [2.05, 4.69) is 0 Å². The van der Waals surface area contributed by atoms with Crippen molar-refractivity contribution in [2.75, 3.05) is 11.5 Å². The fourth-order valence-corrected chi connectivity index (χ4v) is 3.99. The summed E-state index contributed by atoms with van der Waals surface area (Å²) in [5.74, 6) is 0.235. The van der Waals surface area contributed by atoms with Crippen molar-refractivity contribution in [1.82, 2.24) is 0 Å². The first-order chi connectivity index (χ1) is 13.0. The van der Waals surface area contributed by atoms with Crippen molar-refractivity contribution >= 4 is 17.3 Å². The van der Waals surface area contributed by atoms with Gasteiger partial charge in [0, 0.05) is 34.6 Å².